The van der Waals surface area contributed by atoms with Crippen LogP contribution in [-0.2, 0) is 11.2 Å². The lowest BCUT2D eigenvalue weighted by Crippen LogP contribution is -2.17. The molecule has 0 aliphatic rings. The van der Waals surface area contributed by atoms with Crippen LogP contribution in [0, 0.1) is 0 Å². The summed E-state index contributed by atoms with van der Waals surface area (Å²) in [5, 5.41) is 0. The number of carbonyl (C=O) groups is 1. The first kappa shape index (κ1) is 15.2. The Hall–Kier alpha value is -1.22. The van der Waals surface area contributed by atoms with Crippen LogP contribution >= 0.6 is 34.8 Å². The average Bonchev–Trinajstić information content (AvgIpc) is 2.38. The Morgan fingerprint density at radius 1 is 0.950 bits per heavy atom. The van der Waals surface area contributed by atoms with Crippen LogP contribution in [-0.4, -0.2) is 9.95 Å². The fourth-order valence-electron chi connectivity index (χ4n) is 1.85. The topological polar surface area (TPSA) is 26.3 Å². The van der Waals surface area contributed by atoms with Gasteiger partial charge in [0.1, 0.15) is 0 Å². The third-order valence-electron chi connectivity index (χ3n) is 2.68. The number of esters is 1. The summed E-state index contributed by atoms with van der Waals surface area (Å²) in [7, 11) is 0. The number of hydrogen-bond donors (Lipinski definition) is 0. The van der Waals surface area contributed by atoms with E-state index in [1.165, 1.54) is 0 Å². The number of ether oxygens (including phenoxy) is 1. The van der Waals surface area contributed by atoms with Crippen molar-refractivity contribution in [3.05, 3.63) is 71.3 Å². The fraction of sp³-hybridized carbons (Fsp3) is 0.133. The number of alkyl halides is 3. The van der Waals surface area contributed by atoms with Crippen molar-refractivity contribution in [2.75, 3.05) is 0 Å². The van der Waals surface area contributed by atoms with E-state index in [-0.39, 0.29) is 0 Å². The van der Waals surface area contributed by atoms with E-state index in [9.17, 15) is 4.79 Å². The Bertz CT molecular complexity index is 592. The van der Waals surface area contributed by atoms with Crippen molar-refractivity contribution in [3.8, 4) is 0 Å². The Kier molecular flexibility index (Phi) is 4.92. The molecule has 0 heterocycles. The molecule has 2 aromatic rings. The Balaban J connectivity index is 2.25. The molecule has 0 unspecified atom stereocenters. The first-order valence-corrected chi connectivity index (χ1v) is 7.01. The SMILES string of the molecule is O=C(OC(Cl)(Cl)Cl)c1ccccc1Cc1ccccc1. The molecule has 0 saturated heterocycles. The number of benzene rings is 2. The molecule has 0 spiro atoms. The van der Waals surface area contributed by atoms with Crippen molar-refractivity contribution in [2.24, 2.45) is 0 Å². The van der Waals surface area contributed by atoms with Gasteiger partial charge in [-0.05, 0) is 58.4 Å². The number of hydrogen-bond acceptors (Lipinski definition) is 2. The molecule has 0 N–H and O–H groups in total. The molecule has 0 bridgehead atoms. The van der Waals surface area contributed by atoms with Crippen molar-refractivity contribution in [2.45, 2.75) is 10.4 Å². The van der Waals surface area contributed by atoms with E-state index in [4.69, 9.17) is 39.5 Å². The van der Waals surface area contributed by atoms with Crippen LogP contribution in [0.2, 0.25) is 0 Å². The summed E-state index contributed by atoms with van der Waals surface area (Å²) in [6, 6.07) is 16.9. The maximum atomic E-state index is 12.0. The van der Waals surface area contributed by atoms with Gasteiger partial charge in [0.15, 0.2) is 0 Å². The summed E-state index contributed by atoms with van der Waals surface area (Å²) in [6.07, 6.45) is 0.603. The molecule has 0 saturated carbocycles. The zero-order chi connectivity index (χ0) is 14.6. The largest absolute Gasteiger partial charge is 0.411 e. The van der Waals surface area contributed by atoms with Gasteiger partial charge < -0.3 is 4.74 Å². The van der Waals surface area contributed by atoms with Gasteiger partial charge in [0.05, 0.1) is 5.56 Å². The smallest absolute Gasteiger partial charge is 0.341 e. The molecule has 2 aromatic carbocycles. The minimum Gasteiger partial charge on any atom is -0.411 e. The number of carbonyl (C=O) groups excluding carboxylic acids is 1. The molecule has 0 aromatic heterocycles. The van der Waals surface area contributed by atoms with Crippen LogP contribution in [0.3, 0.4) is 0 Å². The molecule has 0 aliphatic heterocycles. The van der Waals surface area contributed by atoms with E-state index in [0.29, 0.717) is 12.0 Å². The van der Waals surface area contributed by atoms with Gasteiger partial charge >= 0.3 is 9.95 Å². The summed E-state index contributed by atoms with van der Waals surface area (Å²) in [4.78, 5) is 12.0. The van der Waals surface area contributed by atoms with Crippen LogP contribution in [0.4, 0.5) is 0 Å². The lowest BCUT2D eigenvalue weighted by atomic mass is 10.00. The zero-order valence-corrected chi connectivity index (χ0v) is 12.6. The van der Waals surface area contributed by atoms with Crippen molar-refractivity contribution >= 4 is 40.8 Å². The first-order chi connectivity index (χ1) is 9.46. The monoisotopic (exact) mass is 328 g/mol. The summed E-state index contributed by atoms with van der Waals surface area (Å²) in [6.45, 7) is 0. The van der Waals surface area contributed by atoms with Crippen LogP contribution in [0.1, 0.15) is 21.5 Å². The maximum Gasteiger partial charge on any atom is 0.341 e. The predicted molar refractivity (Wildman–Crippen MR) is 81.4 cm³/mol. The van der Waals surface area contributed by atoms with E-state index in [1.807, 2.05) is 42.5 Å². The average molecular weight is 330 g/mol. The fourth-order valence-corrected chi connectivity index (χ4v) is 2.06. The highest BCUT2D eigenvalue weighted by Crippen LogP contribution is 2.29. The highest BCUT2D eigenvalue weighted by atomic mass is 35.6. The van der Waals surface area contributed by atoms with E-state index < -0.39 is 9.95 Å². The van der Waals surface area contributed by atoms with Crippen molar-refractivity contribution in [1.82, 2.24) is 0 Å². The zero-order valence-electron chi connectivity index (χ0n) is 10.4. The molecule has 5 heteroatoms. The van der Waals surface area contributed by atoms with E-state index >= 15 is 0 Å². The molecule has 104 valence electrons. The first-order valence-electron chi connectivity index (χ1n) is 5.87. The molecule has 2 rings (SSSR count). The summed E-state index contributed by atoms with van der Waals surface area (Å²) >= 11 is 16.4. The molecular formula is C15H11Cl3O2. The van der Waals surface area contributed by atoms with Gasteiger partial charge in [-0.3, -0.25) is 0 Å². The second-order valence-corrected chi connectivity index (χ2v) is 6.33. The van der Waals surface area contributed by atoms with Crippen LogP contribution < -0.4 is 0 Å². The second-order valence-electron chi connectivity index (χ2n) is 4.15. The molecular weight excluding hydrogens is 319 g/mol. The molecule has 0 aliphatic carbocycles. The third kappa shape index (κ3) is 4.41. The van der Waals surface area contributed by atoms with Gasteiger partial charge in [-0.15, -0.1) is 0 Å². The quantitative estimate of drug-likeness (QED) is 0.599. The van der Waals surface area contributed by atoms with Gasteiger partial charge in [-0.2, -0.15) is 0 Å². The predicted octanol–water partition coefficient (Wildman–Crippen LogP) is 4.76. The normalized spacial score (nSPS) is 11.2. The number of rotatable bonds is 3. The minimum atomic E-state index is -2.06. The van der Waals surface area contributed by atoms with E-state index in [2.05, 4.69) is 0 Å². The molecule has 0 fully saturated rings. The second kappa shape index (κ2) is 6.49. The van der Waals surface area contributed by atoms with Gasteiger partial charge in [0, 0.05) is 0 Å². The summed E-state index contributed by atoms with van der Waals surface area (Å²) < 4.78 is 2.70. The van der Waals surface area contributed by atoms with Crippen LogP contribution in [0.25, 0.3) is 0 Å². The van der Waals surface area contributed by atoms with E-state index in [1.54, 1.807) is 12.1 Å². The molecule has 20 heavy (non-hydrogen) atoms. The number of halogens is 3. The van der Waals surface area contributed by atoms with Gasteiger partial charge in [0.2, 0.25) is 0 Å². The Labute approximate surface area is 132 Å². The van der Waals surface area contributed by atoms with Gasteiger partial charge in [-0.25, -0.2) is 4.79 Å². The molecule has 0 radical (unpaired) electrons. The van der Waals surface area contributed by atoms with Crippen LogP contribution in [0.5, 0.6) is 0 Å². The van der Waals surface area contributed by atoms with Gasteiger partial charge in [0.25, 0.3) is 0 Å². The van der Waals surface area contributed by atoms with Gasteiger partial charge in [-0.1, -0.05) is 48.5 Å². The third-order valence-corrected chi connectivity index (χ3v) is 2.91. The lowest BCUT2D eigenvalue weighted by Gasteiger charge is -2.14. The van der Waals surface area contributed by atoms with Crippen molar-refractivity contribution in [1.29, 1.82) is 0 Å². The molecule has 2 nitrogen and oxygen atoms in total. The van der Waals surface area contributed by atoms with Crippen molar-refractivity contribution < 1.29 is 9.53 Å². The molecule has 0 atom stereocenters. The van der Waals surface area contributed by atoms with E-state index in [0.717, 1.165) is 11.1 Å². The summed E-state index contributed by atoms with van der Waals surface area (Å²) in [5.74, 6) is -0.656. The maximum absolute atomic E-state index is 12.0. The van der Waals surface area contributed by atoms with Crippen LogP contribution in [0.15, 0.2) is 54.6 Å². The summed E-state index contributed by atoms with van der Waals surface area (Å²) in [5.41, 5.74) is 2.29. The highest BCUT2D eigenvalue weighted by Gasteiger charge is 2.27. The molecule has 0 amide bonds. The Morgan fingerprint density at radius 3 is 2.20 bits per heavy atom. The Morgan fingerprint density at radius 2 is 1.55 bits per heavy atom. The van der Waals surface area contributed by atoms with Crippen molar-refractivity contribution in [3.63, 3.8) is 0 Å². The standard InChI is InChI=1S/C15H11Cl3O2/c16-15(17,18)20-14(19)13-9-5-4-8-12(13)10-11-6-2-1-3-7-11/h1-9H,10H2. The highest BCUT2D eigenvalue weighted by molar-refractivity contribution is 6.66. The minimum absolute atomic E-state index is 0.391. The lowest BCUT2D eigenvalue weighted by molar-refractivity contribution is 0.0490.